The maximum atomic E-state index is 12.3. The second-order valence-electron chi connectivity index (χ2n) is 5.41. The topological polar surface area (TPSA) is 46.9 Å². The lowest BCUT2D eigenvalue weighted by atomic mass is 10.1. The van der Waals surface area contributed by atoms with Crippen molar-refractivity contribution >= 4 is 29.1 Å². The fourth-order valence-electron chi connectivity index (χ4n) is 2.29. The minimum Gasteiger partial charge on any atom is -0.379 e. The molecule has 1 saturated heterocycles. The summed E-state index contributed by atoms with van der Waals surface area (Å²) >= 11 is 8.07. The van der Waals surface area contributed by atoms with Crippen LogP contribution >= 0.6 is 23.4 Å². The van der Waals surface area contributed by atoms with Crippen molar-refractivity contribution in [3.8, 4) is 0 Å². The first-order chi connectivity index (χ1) is 9.24. The second kappa shape index (κ2) is 5.75. The van der Waals surface area contributed by atoms with Gasteiger partial charge in [-0.2, -0.15) is 16.9 Å². The summed E-state index contributed by atoms with van der Waals surface area (Å²) in [5.41, 5.74) is 0.444. The molecule has 6 heteroatoms. The minimum absolute atomic E-state index is 0.0787. The highest BCUT2D eigenvalue weighted by molar-refractivity contribution is 7.99. The highest BCUT2D eigenvalue weighted by atomic mass is 35.5. The summed E-state index contributed by atoms with van der Waals surface area (Å²) in [6, 6.07) is 0. The van der Waals surface area contributed by atoms with Gasteiger partial charge in [-0.3, -0.25) is 4.79 Å². The van der Waals surface area contributed by atoms with Crippen molar-refractivity contribution < 1.29 is 0 Å². The molecule has 0 radical (unpaired) electrons. The number of nitrogens with one attached hydrogen (secondary N) is 1. The number of thioether (sulfide) groups is 1. The Kier molecular flexibility index (Phi) is 4.03. The van der Waals surface area contributed by atoms with E-state index in [1.54, 1.807) is 10.9 Å². The molecule has 1 N–H and O–H groups in total. The van der Waals surface area contributed by atoms with E-state index in [1.807, 2.05) is 11.8 Å². The molecule has 1 unspecified atom stereocenters. The van der Waals surface area contributed by atoms with Crippen molar-refractivity contribution in [3.05, 3.63) is 21.6 Å². The molecule has 1 aromatic heterocycles. The number of anilines is 1. The summed E-state index contributed by atoms with van der Waals surface area (Å²) in [4.78, 5) is 12.3. The van der Waals surface area contributed by atoms with Crippen molar-refractivity contribution in [2.45, 2.75) is 25.8 Å². The van der Waals surface area contributed by atoms with Gasteiger partial charge in [0.25, 0.3) is 5.56 Å². The van der Waals surface area contributed by atoms with Crippen LogP contribution in [-0.4, -0.2) is 27.8 Å². The molecule has 2 fully saturated rings. The molecule has 3 rings (SSSR count). The Morgan fingerprint density at radius 1 is 1.42 bits per heavy atom. The molecule has 0 bridgehead atoms. The Morgan fingerprint density at radius 3 is 2.95 bits per heavy atom. The van der Waals surface area contributed by atoms with Crippen LogP contribution in [0.15, 0.2) is 11.0 Å². The third-order valence-electron chi connectivity index (χ3n) is 3.72. The Morgan fingerprint density at radius 2 is 2.26 bits per heavy atom. The summed E-state index contributed by atoms with van der Waals surface area (Å²) in [6.07, 6.45) is 5.21. The van der Waals surface area contributed by atoms with Crippen molar-refractivity contribution in [1.29, 1.82) is 0 Å². The fourth-order valence-corrected chi connectivity index (χ4v) is 3.77. The largest absolute Gasteiger partial charge is 0.379 e. The summed E-state index contributed by atoms with van der Waals surface area (Å²) in [5, 5.41) is 7.80. The van der Waals surface area contributed by atoms with Crippen LogP contribution in [0.4, 0.5) is 5.69 Å². The van der Waals surface area contributed by atoms with Gasteiger partial charge in [0.1, 0.15) is 5.69 Å². The zero-order chi connectivity index (χ0) is 13.2. The number of rotatable bonds is 5. The highest BCUT2D eigenvalue weighted by Crippen LogP contribution is 2.30. The summed E-state index contributed by atoms with van der Waals surface area (Å²) < 4.78 is 1.55. The molecule has 19 heavy (non-hydrogen) atoms. The number of halogens is 1. The monoisotopic (exact) mass is 299 g/mol. The van der Waals surface area contributed by atoms with Crippen LogP contribution in [-0.2, 0) is 6.54 Å². The molecular formula is C13H18ClN3OS. The van der Waals surface area contributed by atoms with Crippen molar-refractivity contribution in [2.75, 3.05) is 23.4 Å². The van der Waals surface area contributed by atoms with E-state index < -0.39 is 0 Å². The smallest absolute Gasteiger partial charge is 0.291 e. The van der Waals surface area contributed by atoms with Gasteiger partial charge in [-0.25, -0.2) is 4.68 Å². The van der Waals surface area contributed by atoms with Crippen LogP contribution in [0.5, 0.6) is 0 Å². The maximum absolute atomic E-state index is 12.3. The van der Waals surface area contributed by atoms with Crippen molar-refractivity contribution in [1.82, 2.24) is 9.78 Å². The maximum Gasteiger partial charge on any atom is 0.291 e. The zero-order valence-corrected chi connectivity index (χ0v) is 12.3. The van der Waals surface area contributed by atoms with Crippen LogP contribution in [0.3, 0.4) is 0 Å². The fraction of sp³-hybridized carbons (Fsp3) is 0.692. The van der Waals surface area contributed by atoms with Gasteiger partial charge in [0.05, 0.1) is 11.2 Å². The van der Waals surface area contributed by atoms with E-state index in [0.717, 1.165) is 13.1 Å². The van der Waals surface area contributed by atoms with E-state index in [4.69, 9.17) is 11.6 Å². The minimum atomic E-state index is -0.0787. The predicted octanol–water partition coefficient (Wildman–Crippen LogP) is 2.47. The van der Waals surface area contributed by atoms with Gasteiger partial charge in [0.15, 0.2) is 0 Å². The van der Waals surface area contributed by atoms with Gasteiger partial charge in [0.2, 0.25) is 0 Å². The lowest BCUT2D eigenvalue weighted by Gasteiger charge is -2.13. The molecular weight excluding hydrogens is 282 g/mol. The third kappa shape index (κ3) is 3.26. The lowest BCUT2D eigenvalue weighted by molar-refractivity contribution is 0.533. The number of nitrogens with zero attached hydrogens (tertiary/aromatic N) is 2. The molecule has 1 aliphatic heterocycles. The molecule has 4 nitrogen and oxygen atoms in total. The standard InChI is InChI=1S/C13H18ClN3OS/c14-11-6-16-17(7-9-1-2-9)13(18)12(11)15-5-10-3-4-19-8-10/h6,9-10,15H,1-5,7-8H2. The predicted molar refractivity (Wildman–Crippen MR) is 80.2 cm³/mol. The molecule has 104 valence electrons. The number of hydrogen-bond acceptors (Lipinski definition) is 4. The van der Waals surface area contributed by atoms with Crippen LogP contribution < -0.4 is 10.9 Å². The van der Waals surface area contributed by atoms with E-state index in [9.17, 15) is 4.79 Å². The normalized spacial score (nSPS) is 22.7. The Bertz CT molecular complexity index is 509. The van der Waals surface area contributed by atoms with E-state index >= 15 is 0 Å². The van der Waals surface area contributed by atoms with E-state index in [-0.39, 0.29) is 5.56 Å². The quantitative estimate of drug-likeness (QED) is 0.907. The van der Waals surface area contributed by atoms with E-state index in [0.29, 0.717) is 22.5 Å². The summed E-state index contributed by atoms with van der Waals surface area (Å²) in [7, 11) is 0. The van der Waals surface area contributed by atoms with Crippen LogP contribution in [0.25, 0.3) is 0 Å². The first kappa shape index (κ1) is 13.3. The molecule has 0 spiro atoms. The molecule has 1 aliphatic carbocycles. The van der Waals surface area contributed by atoms with Crippen LogP contribution in [0.2, 0.25) is 5.02 Å². The molecule has 2 aliphatic rings. The molecule has 1 atom stereocenters. The van der Waals surface area contributed by atoms with Gasteiger partial charge < -0.3 is 5.32 Å². The third-order valence-corrected chi connectivity index (χ3v) is 5.24. The SMILES string of the molecule is O=c1c(NCC2CCSC2)c(Cl)cnn1CC1CC1. The molecule has 1 saturated carbocycles. The number of aromatic nitrogens is 2. The average Bonchev–Trinajstić information content (AvgIpc) is 3.06. The number of hydrogen-bond donors (Lipinski definition) is 1. The van der Waals surface area contributed by atoms with Gasteiger partial charge in [-0.15, -0.1) is 0 Å². The summed E-state index contributed by atoms with van der Waals surface area (Å²) in [5.74, 6) is 3.67. The van der Waals surface area contributed by atoms with Gasteiger partial charge in [-0.1, -0.05) is 11.6 Å². The van der Waals surface area contributed by atoms with Gasteiger partial charge in [0, 0.05) is 13.1 Å². The van der Waals surface area contributed by atoms with Crippen LogP contribution in [0.1, 0.15) is 19.3 Å². The Hall–Kier alpha value is -0.680. The average molecular weight is 300 g/mol. The first-order valence-corrected chi connectivity index (χ1v) is 8.34. The highest BCUT2D eigenvalue weighted by Gasteiger charge is 2.24. The van der Waals surface area contributed by atoms with Crippen LogP contribution in [0, 0.1) is 11.8 Å². The molecule has 0 amide bonds. The first-order valence-electron chi connectivity index (χ1n) is 6.81. The molecule has 2 heterocycles. The Balaban J connectivity index is 1.72. The Labute approximate surface area is 121 Å². The molecule has 0 aromatic carbocycles. The van der Waals surface area contributed by atoms with E-state index in [1.165, 1.54) is 30.8 Å². The summed E-state index contributed by atoms with van der Waals surface area (Å²) in [6.45, 7) is 1.55. The van der Waals surface area contributed by atoms with E-state index in [2.05, 4.69) is 10.4 Å². The van der Waals surface area contributed by atoms with Crippen molar-refractivity contribution in [3.63, 3.8) is 0 Å². The molecule has 1 aromatic rings. The van der Waals surface area contributed by atoms with Crippen molar-refractivity contribution in [2.24, 2.45) is 11.8 Å². The van der Waals surface area contributed by atoms with Gasteiger partial charge >= 0.3 is 0 Å². The second-order valence-corrected chi connectivity index (χ2v) is 6.97. The lowest BCUT2D eigenvalue weighted by Crippen LogP contribution is -2.28. The van der Waals surface area contributed by atoms with Gasteiger partial charge in [-0.05, 0) is 42.6 Å². The zero-order valence-electron chi connectivity index (χ0n) is 10.8.